The maximum absolute atomic E-state index is 12.2. The molecule has 7 nitrogen and oxygen atoms in total. The molecule has 2 atom stereocenters. The highest BCUT2D eigenvalue weighted by Gasteiger charge is 2.48. The second-order valence-corrected chi connectivity index (χ2v) is 5.68. The van der Waals surface area contributed by atoms with Gasteiger partial charge in [0, 0.05) is 39.5 Å². The molecule has 2 fully saturated rings. The van der Waals surface area contributed by atoms with Crippen LogP contribution in [0.5, 0.6) is 0 Å². The van der Waals surface area contributed by atoms with E-state index in [0.29, 0.717) is 12.4 Å². The highest BCUT2D eigenvalue weighted by atomic mass is 16.2. The van der Waals surface area contributed by atoms with Gasteiger partial charge >= 0.3 is 0 Å². The number of anilines is 1. The second-order valence-electron chi connectivity index (χ2n) is 5.68. The summed E-state index contributed by atoms with van der Waals surface area (Å²) in [5, 5.41) is 0. The average molecular weight is 289 g/mol. The third-order valence-corrected chi connectivity index (χ3v) is 4.23. The smallest absolute Gasteiger partial charge is 0.241 e. The highest BCUT2D eigenvalue weighted by Crippen LogP contribution is 2.34. The molecule has 7 heteroatoms. The number of rotatable bonds is 3. The predicted octanol–water partition coefficient (Wildman–Crippen LogP) is -0.256. The standard InChI is InChI=1S/C14H19N5O2/c1-17(2)13(21)9-19-10-4-7-18(11(10)8-12(19)20)14-15-5-3-6-16-14/h3,5-6,10-11H,4,7-9H2,1-2H3/t10-,11-/m0/s1. The first-order chi connectivity index (χ1) is 10.1. The first kappa shape index (κ1) is 13.8. The Balaban J connectivity index is 1.76. The number of aromatic nitrogens is 2. The van der Waals surface area contributed by atoms with Gasteiger partial charge in [-0.1, -0.05) is 0 Å². The van der Waals surface area contributed by atoms with Gasteiger partial charge in [0.05, 0.1) is 12.1 Å². The predicted molar refractivity (Wildman–Crippen MR) is 76.6 cm³/mol. The van der Waals surface area contributed by atoms with Gasteiger partial charge in [-0.2, -0.15) is 0 Å². The number of hydrogen-bond acceptors (Lipinski definition) is 5. The molecule has 2 aliphatic heterocycles. The van der Waals surface area contributed by atoms with Gasteiger partial charge in [0.25, 0.3) is 0 Å². The van der Waals surface area contributed by atoms with E-state index in [1.807, 2.05) is 0 Å². The molecule has 0 bridgehead atoms. The van der Waals surface area contributed by atoms with Crippen LogP contribution in [0.1, 0.15) is 12.8 Å². The fraction of sp³-hybridized carbons (Fsp3) is 0.571. The van der Waals surface area contributed by atoms with Crippen LogP contribution in [0, 0.1) is 0 Å². The Morgan fingerprint density at radius 3 is 2.71 bits per heavy atom. The Labute approximate surface area is 123 Å². The molecular formula is C14H19N5O2. The molecule has 0 aromatic carbocycles. The number of likely N-dealkylation sites (tertiary alicyclic amines) is 1. The lowest BCUT2D eigenvalue weighted by Crippen LogP contribution is -2.43. The van der Waals surface area contributed by atoms with Gasteiger partial charge in [0.1, 0.15) is 6.54 Å². The van der Waals surface area contributed by atoms with Crippen molar-refractivity contribution in [2.24, 2.45) is 0 Å². The van der Waals surface area contributed by atoms with Crippen LogP contribution in [0.4, 0.5) is 5.95 Å². The summed E-state index contributed by atoms with van der Waals surface area (Å²) in [5.41, 5.74) is 0. The van der Waals surface area contributed by atoms with E-state index in [4.69, 9.17) is 0 Å². The molecule has 3 heterocycles. The molecule has 0 radical (unpaired) electrons. The largest absolute Gasteiger partial charge is 0.347 e. The molecule has 0 spiro atoms. The SMILES string of the molecule is CN(C)C(=O)CN1C(=O)C[C@H]2[C@@H]1CCN2c1ncccn1. The Kier molecular flexibility index (Phi) is 3.48. The summed E-state index contributed by atoms with van der Waals surface area (Å²) in [5.74, 6) is 0.665. The van der Waals surface area contributed by atoms with Gasteiger partial charge in [0.2, 0.25) is 17.8 Å². The molecule has 2 aliphatic rings. The zero-order valence-corrected chi connectivity index (χ0v) is 12.3. The topological polar surface area (TPSA) is 69.6 Å². The monoisotopic (exact) mass is 289 g/mol. The lowest BCUT2D eigenvalue weighted by molar-refractivity contribution is -0.138. The number of fused-ring (bicyclic) bond motifs is 1. The van der Waals surface area contributed by atoms with Crippen molar-refractivity contribution in [1.82, 2.24) is 19.8 Å². The van der Waals surface area contributed by atoms with E-state index in [0.717, 1.165) is 13.0 Å². The van der Waals surface area contributed by atoms with Crippen molar-refractivity contribution in [3.8, 4) is 0 Å². The third-order valence-electron chi connectivity index (χ3n) is 4.23. The van der Waals surface area contributed by atoms with Crippen LogP contribution < -0.4 is 4.90 Å². The minimum Gasteiger partial charge on any atom is -0.347 e. The van der Waals surface area contributed by atoms with Crippen molar-refractivity contribution in [2.45, 2.75) is 24.9 Å². The molecule has 0 aliphatic carbocycles. The van der Waals surface area contributed by atoms with Crippen molar-refractivity contribution < 1.29 is 9.59 Å². The van der Waals surface area contributed by atoms with Gasteiger partial charge in [-0.3, -0.25) is 9.59 Å². The molecule has 1 aromatic heterocycles. The number of likely N-dealkylation sites (N-methyl/N-ethyl adjacent to an activating group) is 1. The number of nitrogens with zero attached hydrogens (tertiary/aromatic N) is 5. The van der Waals surface area contributed by atoms with Crippen LogP contribution in [0.15, 0.2) is 18.5 Å². The number of hydrogen-bond donors (Lipinski definition) is 0. The first-order valence-corrected chi connectivity index (χ1v) is 7.11. The van der Waals surface area contributed by atoms with E-state index in [1.165, 1.54) is 4.90 Å². The number of amides is 2. The van der Waals surface area contributed by atoms with E-state index in [2.05, 4.69) is 14.9 Å². The minimum atomic E-state index is -0.0431. The Bertz CT molecular complexity index is 548. The molecule has 3 rings (SSSR count). The van der Waals surface area contributed by atoms with Crippen molar-refractivity contribution in [3.05, 3.63) is 18.5 Å². The van der Waals surface area contributed by atoms with Crippen LogP contribution in [0.25, 0.3) is 0 Å². The Morgan fingerprint density at radius 1 is 1.33 bits per heavy atom. The highest BCUT2D eigenvalue weighted by molar-refractivity contribution is 5.87. The molecular weight excluding hydrogens is 270 g/mol. The molecule has 0 saturated carbocycles. The average Bonchev–Trinajstić information content (AvgIpc) is 3.00. The summed E-state index contributed by atoms with van der Waals surface area (Å²) in [7, 11) is 3.41. The molecule has 2 saturated heterocycles. The van der Waals surface area contributed by atoms with E-state index in [1.54, 1.807) is 37.5 Å². The first-order valence-electron chi connectivity index (χ1n) is 7.11. The van der Waals surface area contributed by atoms with Gasteiger partial charge in [-0.05, 0) is 12.5 Å². The molecule has 21 heavy (non-hydrogen) atoms. The Hall–Kier alpha value is -2.18. The van der Waals surface area contributed by atoms with Crippen molar-refractivity contribution >= 4 is 17.8 Å². The summed E-state index contributed by atoms with van der Waals surface area (Å²) in [6.07, 6.45) is 4.71. The molecule has 0 N–H and O–H groups in total. The zero-order chi connectivity index (χ0) is 15.0. The van der Waals surface area contributed by atoms with Crippen LogP contribution in [0.2, 0.25) is 0 Å². The maximum Gasteiger partial charge on any atom is 0.241 e. The number of carbonyl (C=O) groups excluding carboxylic acids is 2. The summed E-state index contributed by atoms with van der Waals surface area (Å²) >= 11 is 0. The Morgan fingerprint density at radius 2 is 2.05 bits per heavy atom. The van der Waals surface area contributed by atoms with Gasteiger partial charge < -0.3 is 14.7 Å². The lowest BCUT2D eigenvalue weighted by Gasteiger charge is -2.25. The molecule has 2 amide bonds. The summed E-state index contributed by atoms with van der Waals surface area (Å²) in [6.45, 7) is 0.982. The third kappa shape index (κ3) is 2.43. The van der Waals surface area contributed by atoms with Crippen LogP contribution in [-0.2, 0) is 9.59 Å². The van der Waals surface area contributed by atoms with Crippen molar-refractivity contribution in [3.63, 3.8) is 0 Å². The summed E-state index contributed by atoms with van der Waals surface area (Å²) in [6, 6.07) is 1.94. The normalized spacial score (nSPS) is 24.4. The van der Waals surface area contributed by atoms with E-state index >= 15 is 0 Å². The summed E-state index contributed by atoms with van der Waals surface area (Å²) in [4.78, 5) is 38.0. The fourth-order valence-corrected chi connectivity index (χ4v) is 3.11. The zero-order valence-electron chi connectivity index (χ0n) is 12.3. The van der Waals surface area contributed by atoms with Gasteiger partial charge in [-0.15, -0.1) is 0 Å². The van der Waals surface area contributed by atoms with Crippen LogP contribution in [0.3, 0.4) is 0 Å². The van der Waals surface area contributed by atoms with E-state index in [-0.39, 0.29) is 30.4 Å². The molecule has 1 aromatic rings. The number of carbonyl (C=O) groups is 2. The second kappa shape index (κ2) is 5.31. The molecule has 112 valence electrons. The van der Waals surface area contributed by atoms with E-state index < -0.39 is 0 Å². The van der Waals surface area contributed by atoms with Gasteiger partial charge in [0.15, 0.2) is 0 Å². The van der Waals surface area contributed by atoms with Crippen LogP contribution >= 0.6 is 0 Å². The molecule has 0 unspecified atom stereocenters. The van der Waals surface area contributed by atoms with Crippen LogP contribution in [-0.4, -0.2) is 70.9 Å². The fourth-order valence-electron chi connectivity index (χ4n) is 3.11. The van der Waals surface area contributed by atoms with Crippen molar-refractivity contribution in [1.29, 1.82) is 0 Å². The van der Waals surface area contributed by atoms with Gasteiger partial charge in [-0.25, -0.2) is 9.97 Å². The minimum absolute atomic E-state index is 0.0424. The van der Waals surface area contributed by atoms with E-state index in [9.17, 15) is 9.59 Å². The lowest BCUT2D eigenvalue weighted by atomic mass is 10.1. The van der Waals surface area contributed by atoms with Crippen molar-refractivity contribution in [2.75, 3.05) is 32.1 Å². The maximum atomic E-state index is 12.2. The summed E-state index contributed by atoms with van der Waals surface area (Å²) < 4.78 is 0. The quantitative estimate of drug-likeness (QED) is 0.767.